The predicted octanol–water partition coefficient (Wildman–Crippen LogP) is 3.21. The van der Waals surface area contributed by atoms with E-state index >= 15 is 0 Å². The number of fused-ring (bicyclic) bond motifs is 1. The van der Waals surface area contributed by atoms with Crippen LogP contribution >= 0.6 is 0 Å². The second-order valence-corrected chi connectivity index (χ2v) is 9.28. The molecule has 1 heterocycles. The van der Waals surface area contributed by atoms with Gasteiger partial charge in [0.15, 0.2) is 11.5 Å². The van der Waals surface area contributed by atoms with E-state index in [1.54, 1.807) is 36.4 Å². The number of ether oxygens (including phenoxy) is 4. The summed E-state index contributed by atoms with van der Waals surface area (Å²) in [6, 6.07) is 14.7. The lowest BCUT2D eigenvalue weighted by Crippen LogP contribution is -2.40. The quantitative estimate of drug-likeness (QED) is 0.486. The van der Waals surface area contributed by atoms with Gasteiger partial charge < -0.3 is 24.3 Å². The maximum Gasteiger partial charge on any atom is 0.258 e. The van der Waals surface area contributed by atoms with E-state index < -0.39 is 33.4 Å². The number of nitrogens with one attached hydrogen (secondary N) is 2. The van der Waals surface area contributed by atoms with Gasteiger partial charge in [-0.15, -0.1) is 0 Å². The van der Waals surface area contributed by atoms with Crippen LogP contribution in [0, 0.1) is 5.82 Å². The Hall–Kier alpha value is -3.83. The fourth-order valence-corrected chi connectivity index (χ4v) is 4.49. The van der Waals surface area contributed by atoms with E-state index in [1.165, 1.54) is 20.3 Å². The number of amides is 1. The highest BCUT2D eigenvalue weighted by atomic mass is 32.2. The molecule has 0 fully saturated rings. The zero-order valence-electron chi connectivity index (χ0n) is 18.9. The number of methoxy groups -OCH3 is 2. The molecule has 0 radical (unpaired) electrons. The maximum atomic E-state index is 14.5. The zero-order chi connectivity index (χ0) is 25.0. The van der Waals surface area contributed by atoms with Crippen LogP contribution in [0.2, 0.25) is 0 Å². The summed E-state index contributed by atoms with van der Waals surface area (Å²) in [4.78, 5) is 12.5. The minimum Gasteiger partial charge on any atom is -0.497 e. The van der Waals surface area contributed by atoms with Gasteiger partial charge in [0.25, 0.3) is 5.91 Å². The van der Waals surface area contributed by atoms with Crippen molar-refractivity contribution in [3.05, 3.63) is 72.0 Å². The van der Waals surface area contributed by atoms with E-state index in [2.05, 4.69) is 10.0 Å². The lowest BCUT2D eigenvalue weighted by Gasteiger charge is -2.26. The highest BCUT2D eigenvalue weighted by Crippen LogP contribution is 2.31. The van der Waals surface area contributed by atoms with Crippen LogP contribution in [-0.4, -0.2) is 47.8 Å². The Morgan fingerprint density at radius 1 is 1.06 bits per heavy atom. The van der Waals surface area contributed by atoms with Gasteiger partial charge in [-0.2, -0.15) is 0 Å². The Morgan fingerprint density at radius 3 is 2.57 bits per heavy atom. The highest BCUT2D eigenvalue weighted by molar-refractivity contribution is 7.89. The summed E-state index contributed by atoms with van der Waals surface area (Å²) in [5.41, 5.74) is -0.221. The Kier molecular flexibility index (Phi) is 7.08. The number of carbonyl (C=O) groups is 1. The van der Waals surface area contributed by atoms with Crippen LogP contribution in [0.5, 0.6) is 23.0 Å². The number of carbonyl (C=O) groups excluding carboxylic acids is 1. The molecule has 0 aliphatic carbocycles. The Morgan fingerprint density at radius 2 is 1.83 bits per heavy atom. The summed E-state index contributed by atoms with van der Waals surface area (Å²) < 4.78 is 64.3. The average molecular weight is 503 g/mol. The van der Waals surface area contributed by atoms with Gasteiger partial charge in [-0.25, -0.2) is 17.5 Å². The first-order chi connectivity index (χ1) is 16.8. The van der Waals surface area contributed by atoms with Crippen LogP contribution in [-0.2, 0) is 10.0 Å². The Bertz CT molecular complexity index is 1350. The van der Waals surface area contributed by atoms with Crippen molar-refractivity contribution in [3.8, 4) is 23.0 Å². The number of hydrogen-bond acceptors (Lipinski definition) is 7. The molecule has 0 bridgehead atoms. The number of para-hydroxylation sites is 2. The average Bonchev–Trinajstić information content (AvgIpc) is 2.87. The molecule has 0 aromatic heterocycles. The Labute approximate surface area is 201 Å². The van der Waals surface area contributed by atoms with Gasteiger partial charge >= 0.3 is 0 Å². The monoisotopic (exact) mass is 502 g/mol. The van der Waals surface area contributed by atoms with Gasteiger partial charge in [0, 0.05) is 6.07 Å². The lowest BCUT2D eigenvalue weighted by atomic mass is 10.2. The minimum atomic E-state index is -4.08. The molecule has 0 unspecified atom stereocenters. The molecule has 2 N–H and O–H groups in total. The number of rotatable bonds is 8. The third-order valence-corrected chi connectivity index (χ3v) is 6.64. The first-order valence-corrected chi connectivity index (χ1v) is 12.0. The minimum absolute atomic E-state index is 0.0867. The van der Waals surface area contributed by atoms with Gasteiger partial charge in [0.2, 0.25) is 10.0 Å². The van der Waals surface area contributed by atoms with E-state index in [9.17, 15) is 17.6 Å². The fourth-order valence-electron chi connectivity index (χ4n) is 3.40. The van der Waals surface area contributed by atoms with Gasteiger partial charge in [-0.1, -0.05) is 12.1 Å². The SMILES string of the molecule is COc1ccc(OC)c(NC(=O)c2cc(S(=O)(=O)NC[C@H]3COc4ccccc4O3)ccc2F)c1. The maximum absolute atomic E-state index is 14.5. The number of hydrogen-bond donors (Lipinski definition) is 2. The topological polar surface area (TPSA) is 112 Å². The van der Waals surface area contributed by atoms with Crippen LogP contribution in [0.4, 0.5) is 10.1 Å². The third kappa shape index (κ3) is 5.47. The van der Waals surface area contributed by atoms with Crippen LogP contribution in [0.15, 0.2) is 65.6 Å². The highest BCUT2D eigenvalue weighted by Gasteiger charge is 2.25. The van der Waals surface area contributed by atoms with Gasteiger partial charge in [0.1, 0.15) is 30.0 Å². The summed E-state index contributed by atoms with van der Waals surface area (Å²) in [5, 5.41) is 2.53. The number of halogens is 1. The van der Waals surface area contributed by atoms with E-state index in [-0.39, 0.29) is 23.7 Å². The van der Waals surface area contributed by atoms with Crippen LogP contribution in [0.25, 0.3) is 0 Å². The molecule has 1 amide bonds. The standard InChI is InChI=1S/C24H23FN2O7S/c1-31-15-7-10-21(32-2)20(11-15)27-24(28)18-12-17(8-9-19(18)25)35(29,30)26-13-16-14-33-22-5-3-4-6-23(22)34-16/h3-12,16,26H,13-14H2,1-2H3,(H,27,28)/t16-/m0/s1. The molecule has 3 aromatic carbocycles. The van der Waals surface area contributed by atoms with Crippen LogP contribution in [0.3, 0.4) is 0 Å². The summed E-state index contributed by atoms with van der Waals surface area (Å²) in [6.07, 6.45) is -0.566. The first-order valence-electron chi connectivity index (χ1n) is 10.5. The third-order valence-electron chi connectivity index (χ3n) is 5.22. The molecule has 11 heteroatoms. The second-order valence-electron chi connectivity index (χ2n) is 7.51. The normalized spacial score (nSPS) is 14.8. The van der Waals surface area contributed by atoms with E-state index in [0.717, 1.165) is 18.2 Å². The molecule has 0 spiro atoms. The molecule has 3 aromatic rings. The van der Waals surface area contributed by atoms with Crippen molar-refractivity contribution in [3.63, 3.8) is 0 Å². The van der Waals surface area contributed by atoms with Gasteiger partial charge in [0.05, 0.1) is 36.9 Å². The van der Waals surface area contributed by atoms with Gasteiger partial charge in [-0.05, 0) is 42.5 Å². The summed E-state index contributed by atoms with van der Waals surface area (Å²) in [5.74, 6) is 0.112. The van der Waals surface area contributed by atoms with E-state index in [0.29, 0.717) is 23.0 Å². The summed E-state index contributed by atoms with van der Waals surface area (Å²) in [6.45, 7) is 0.0650. The number of anilines is 1. The van der Waals surface area contributed by atoms with Crippen molar-refractivity contribution in [2.24, 2.45) is 0 Å². The summed E-state index contributed by atoms with van der Waals surface area (Å²) >= 11 is 0. The Balaban J connectivity index is 1.49. The predicted molar refractivity (Wildman–Crippen MR) is 125 cm³/mol. The molecule has 1 aliphatic rings. The lowest BCUT2D eigenvalue weighted by molar-refractivity contribution is 0.0943. The molecular weight excluding hydrogens is 479 g/mol. The van der Waals surface area contributed by atoms with Gasteiger partial charge in [-0.3, -0.25) is 4.79 Å². The molecule has 9 nitrogen and oxygen atoms in total. The van der Waals surface area contributed by atoms with Crippen molar-refractivity contribution in [2.45, 2.75) is 11.0 Å². The molecule has 1 aliphatic heterocycles. The molecule has 35 heavy (non-hydrogen) atoms. The fraction of sp³-hybridized carbons (Fsp3) is 0.208. The zero-order valence-corrected chi connectivity index (χ0v) is 19.7. The van der Waals surface area contributed by atoms with E-state index in [4.69, 9.17) is 18.9 Å². The van der Waals surface area contributed by atoms with Crippen molar-refractivity contribution in [1.82, 2.24) is 4.72 Å². The smallest absolute Gasteiger partial charge is 0.258 e. The largest absolute Gasteiger partial charge is 0.497 e. The van der Waals surface area contributed by atoms with Crippen molar-refractivity contribution in [1.29, 1.82) is 0 Å². The van der Waals surface area contributed by atoms with Crippen LogP contribution in [0.1, 0.15) is 10.4 Å². The summed E-state index contributed by atoms with van der Waals surface area (Å²) in [7, 11) is -1.21. The molecule has 4 rings (SSSR count). The molecule has 184 valence electrons. The molecule has 1 atom stereocenters. The van der Waals surface area contributed by atoms with Crippen molar-refractivity contribution < 1.29 is 36.6 Å². The van der Waals surface area contributed by atoms with Crippen molar-refractivity contribution >= 4 is 21.6 Å². The molecule has 0 saturated carbocycles. The molecule has 0 saturated heterocycles. The number of benzene rings is 3. The molecular formula is C24H23FN2O7S. The van der Waals surface area contributed by atoms with E-state index in [1.807, 2.05) is 0 Å². The first kappa shape index (κ1) is 24.3. The van der Waals surface area contributed by atoms with Crippen molar-refractivity contribution in [2.75, 3.05) is 32.7 Å². The number of sulfonamides is 1. The second kappa shape index (κ2) is 10.2. The van der Waals surface area contributed by atoms with Crippen LogP contribution < -0.4 is 29.0 Å².